The lowest BCUT2D eigenvalue weighted by Crippen LogP contribution is -2.01. The molecule has 22 heavy (non-hydrogen) atoms. The van der Waals surface area contributed by atoms with Crippen LogP contribution in [0, 0.1) is 0 Å². The van der Waals surface area contributed by atoms with Crippen molar-refractivity contribution >= 4 is 26.5 Å². The number of fused-ring (bicyclic) bond motifs is 3. The van der Waals surface area contributed by atoms with Crippen molar-refractivity contribution in [3.05, 3.63) is 72.1 Å². The van der Waals surface area contributed by atoms with Crippen molar-refractivity contribution in [2.24, 2.45) is 0 Å². The largest absolute Gasteiger partial charge is 0.388 e. The maximum atomic E-state index is 10.7. The second-order valence-corrected chi connectivity index (χ2v) is 6.43. The van der Waals surface area contributed by atoms with E-state index in [4.69, 9.17) is 0 Å². The van der Waals surface area contributed by atoms with Gasteiger partial charge in [0.15, 0.2) is 4.96 Å². The van der Waals surface area contributed by atoms with Crippen molar-refractivity contribution in [2.45, 2.75) is 18.9 Å². The Bertz CT molecular complexity index is 911. The molecule has 2 aromatic heterocycles. The number of rotatable bonds is 4. The van der Waals surface area contributed by atoms with E-state index in [-0.39, 0.29) is 0 Å². The summed E-state index contributed by atoms with van der Waals surface area (Å²) < 4.78 is 3.24. The zero-order valence-corrected chi connectivity index (χ0v) is 12.8. The first kappa shape index (κ1) is 13.5. The number of aliphatic hydroxyl groups excluding tert-OH is 1. The molecule has 0 saturated heterocycles. The van der Waals surface area contributed by atoms with Crippen LogP contribution in [0.2, 0.25) is 0 Å². The van der Waals surface area contributed by atoms with E-state index in [0.29, 0.717) is 0 Å². The Morgan fingerprint density at radius 1 is 1.09 bits per heavy atom. The Hall–Kier alpha value is -2.17. The molecule has 1 unspecified atom stereocenters. The molecule has 0 saturated carbocycles. The quantitative estimate of drug-likeness (QED) is 0.613. The van der Waals surface area contributed by atoms with Gasteiger partial charge in [-0.15, -0.1) is 0 Å². The van der Waals surface area contributed by atoms with Gasteiger partial charge < -0.3 is 5.11 Å². The van der Waals surface area contributed by atoms with Crippen molar-refractivity contribution in [3.8, 4) is 0 Å². The fourth-order valence-corrected chi connectivity index (χ4v) is 3.91. The molecule has 4 aromatic rings. The first-order chi connectivity index (χ1) is 10.8. The van der Waals surface area contributed by atoms with Crippen molar-refractivity contribution in [2.75, 3.05) is 0 Å². The smallest absolute Gasteiger partial charge is 0.194 e. The normalized spacial score (nSPS) is 13.0. The highest BCUT2D eigenvalue weighted by atomic mass is 32.1. The topological polar surface area (TPSA) is 37.5 Å². The van der Waals surface area contributed by atoms with Gasteiger partial charge >= 0.3 is 0 Å². The molecule has 2 aromatic carbocycles. The summed E-state index contributed by atoms with van der Waals surface area (Å²) in [7, 11) is 0. The Labute approximate surface area is 132 Å². The van der Waals surface area contributed by atoms with Crippen LogP contribution in [-0.4, -0.2) is 14.5 Å². The summed E-state index contributed by atoms with van der Waals surface area (Å²) in [6.07, 6.45) is 4.88. The van der Waals surface area contributed by atoms with Crippen LogP contribution in [0.3, 0.4) is 0 Å². The second kappa shape index (κ2) is 5.55. The number of para-hydroxylation sites is 1. The lowest BCUT2D eigenvalue weighted by Gasteiger charge is -2.12. The number of benzene rings is 2. The molecule has 110 valence electrons. The summed E-state index contributed by atoms with van der Waals surface area (Å²) in [5.41, 5.74) is 3.32. The molecule has 0 aliphatic carbocycles. The minimum atomic E-state index is -0.468. The van der Waals surface area contributed by atoms with Gasteiger partial charge in [-0.3, -0.25) is 4.40 Å². The molecule has 0 aliphatic heterocycles. The second-order valence-electron chi connectivity index (χ2n) is 5.42. The summed E-state index contributed by atoms with van der Waals surface area (Å²) in [4.78, 5) is 5.32. The van der Waals surface area contributed by atoms with Crippen LogP contribution in [0.15, 0.2) is 60.9 Å². The van der Waals surface area contributed by atoms with Crippen molar-refractivity contribution < 1.29 is 5.11 Å². The molecule has 1 atom stereocenters. The van der Waals surface area contributed by atoms with Gasteiger partial charge in [-0.1, -0.05) is 53.8 Å². The number of hydrogen-bond donors (Lipinski definition) is 1. The average molecular weight is 308 g/mol. The number of aliphatic hydroxyl groups is 1. The number of nitrogens with zero attached hydrogens (tertiary/aromatic N) is 2. The van der Waals surface area contributed by atoms with E-state index >= 15 is 0 Å². The van der Waals surface area contributed by atoms with E-state index in [9.17, 15) is 5.11 Å². The SMILES string of the molecule is OC(CCc1ccccc1)c1cccc2sc3nccn3c12. The van der Waals surface area contributed by atoms with Crippen LogP contribution in [0.4, 0.5) is 0 Å². The third kappa shape index (κ3) is 2.30. The zero-order chi connectivity index (χ0) is 14.9. The third-order valence-electron chi connectivity index (χ3n) is 3.99. The fraction of sp³-hybridized carbons (Fsp3) is 0.167. The third-order valence-corrected chi connectivity index (χ3v) is 5.02. The predicted molar refractivity (Wildman–Crippen MR) is 90.3 cm³/mol. The van der Waals surface area contributed by atoms with Crippen LogP contribution in [0.1, 0.15) is 23.7 Å². The van der Waals surface area contributed by atoms with E-state index in [0.717, 1.165) is 28.9 Å². The monoisotopic (exact) mass is 308 g/mol. The van der Waals surface area contributed by atoms with E-state index < -0.39 is 6.10 Å². The first-order valence-corrected chi connectivity index (χ1v) is 8.21. The van der Waals surface area contributed by atoms with E-state index in [1.807, 2.05) is 36.5 Å². The van der Waals surface area contributed by atoms with Gasteiger partial charge in [-0.25, -0.2) is 4.98 Å². The fourth-order valence-electron chi connectivity index (χ4n) is 2.89. The van der Waals surface area contributed by atoms with Gasteiger partial charge in [0, 0.05) is 18.0 Å². The Balaban J connectivity index is 1.67. The van der Waals surface area contributed by atoms with Crippen LogP contribution in [-0.2, 0) is 6.42 Å². The molecule has 0 aliphatic rings. The summed E-state index contributed by atoms with van der Waals surface area (Å²) >= 11 is 1.66. The molecule has 0 radical (unpaired) electrons. The molecule has 4 heteroatoms. The summed E-state index contributed by atoms with van der Waals surface area (Å²) in [5, 5.41) is 10.7. The molecule has 0 amide bonds. The highest BCUT2D eigenvalue weighted by Crippen LogP contribution is 2.32. The maximum absolute atomic E-state index is 10.7. The van der Waals surface area contributed by atoms with Gasteiger partial charge in [-0.05, 0) is 24.5 Å². The van der Waals surface area contributed by atoms with Gasteiger partial charge in [-0.2, -0.15) is 0 Å². The van der Waals surface area contributed by atoms with Gasteiger partial charge in [0.1, 0.15) is 0 Å². The van der Waals surface area contributed by atoms with E-state index in [1.54, 1.807) is 17.5 Å². The van der Waals surface area contributed by atoms with Gasteiger partial charge in [0.2, 0.25) is 0 Å². The average Bonchev–Trinajstić information content (AvgIpc) is 3.14. The van der Waals surface area contributed by atoms with Crippen LogP contribution in [0.5, 0.6) is 0 Å². The van der Waals surface area contributed by atoms with Crippen molar-refractivity contribution in [3.63, 3.8) is 0 Å². The lowest BCUT2D eigenvalue weighted by molar-refractivity contribution is 0.169. The zero-order valence-electron chi connectivity index (χ0n) is 12.0. The molecule has 0 bridgehead atoms. The van der Waals surface area contributed by atoms with E-state index in [2.05, 4.69) is 27.6 Å². The van der Waals surface area contributed by atoms with E-state index in [1.165, 1.54) is 10.3 Å². The highest BCUT2D eigenvalue weighted by Gasteiger charge is 2.15. The Kier molecular flexibility index (Phi) is 3.41. The molecule has 4 rings (SSSR count). The molecule has 0 fully saturated rings. The minimum Gasteiger partial charge on any atom is -0.388 e. The van der Waals surface area contributed by atoms with Crippen molar-refractivity contribution in [1.29, 1.82) is 0 Å². The van der Waals surface area contributed by atoms with Crippen LogP contribution >= 0.6 is 11.3 Å². The summed E-state index contributed by atoms with van der Waals surface area (Å²) in [5.74, 6) is 0. The number of hydrogen-bond acceptors (Lipinski definition) is 3. The lowest BCUT2D eigenvalue weighted by atomic mass is 10.0. The summed E-state index contributed by atoms with van der Waals surface area (Å²) in [6, 6.07) is 16.4. The molecular formula is C18H16N2OS. The summed E-state index contributed by atoms with van der Waals surface area (Å²) in [6.45, 7) is 0. The number of aryl methyl sites for hydroxylation is 1. The predicted octanol–water partition coefficient (Wildman–Crippen LogP) is 4.22. The highest BCUT2D eigenvalue weighted by molar-refractivity contribution is 7.23. The number of thiazole rings is 1. The minimum absolute atomic E-state index is 0.468. The molecule has 3 nitrogen and oxygen atoms in total. The van der Waals surface area contributed by atoms with Gasteiger partial charge in [0.05, 0.1) is 16.3 Å². The standard InChI is InChI=1S/C18H16N2OS/c21-15(10-9-13-5-2-1-3-6-13)14-7-4-8-16-17(14)20-12-11-19-18(20)22-16/h1-8,11-12,15,21H,9-10H2. The molecule has 1 N–H and O–H groups in total. The maximum Gasteiger partial charge on any atom is 0.194 e. The molecule has 2 heterocycles. The Morgan fingerprint density at radius 3 is 2.82 bits per heavy atom. The van der Waals surface area contributed by atoms with Gasteiger partial charge in [0.25, 0.3) is 0 Å². The Morgan fingerprint density at radius 2 is 1.95 bits per heavy atom. The first-order valence-electron chi connectivity index (χ1n) is 7.39. The van der Waals surface area contributed by atoms with Crippen molar-refractivity contribution in [1.82, 2.24) is 9.38 Å². The number of aromatic nitrogens is 2. The van der Waals surface area contributed by atoms with Crippen LogP contribution in [0.25, 0.3) is 15.2 Å². The number of imidazole rings is 1. The molecular weight excluding hydrogens is 292 g/mol. The van der Waals surface area contributed by atoms with Crippen LogP contribution < -0.4 is 0 Å². The molecule has 0 spiro atoms.